The highest BCUT2D eigenvalue weighted by molar-refractivity contribution is 7.90. The van der Waals surface area contributed by atoms with Crippen molar-refractivity contribution < 1.29 is 43.6 Å². The zero-order chi connectivity index (χ0) is 47.1. The van der Waals surface area contributed by atoms with Crippen molar-refractivity contribution in [1.29, 1.82) is 0 Å². The Balaban J connectivity index is 1.57. The number of nitrogens with one attached hydrogen (secondary N) is 4. The number of carbonyl (C=O) groups is 1. The topological polar surface area (TPSA) is 228 Å². The lowest BCUT2D eigenvalue weighted by Crippen LogP contribution is -2.44. The Morgan fingerprint density at radius 1 is 0.531 bits per heavy atom. The number of unbranched alkanes of at least 4 members (excludes halogenated alkanes) is 1. The normalized spacial score (nSPS) is 13.1. The summed E-state index contributed by atoms with van der Waals surface area (Å²) in [7, 11) is -15.9. The maximum absolute atomic E-state index is 13.7. The molecule has 0 aliphatic rings. The molecule has 0 saturated heterocycles. The first-order valence-electron chi connectivity index (χ1n) is 21.1. The summed E-state index contributed by atoms with van der Waals surface area (Å²) in [6, 6.07) is 22.7. The van der Waals surface area contributed by atoms with E-state index in [2.05, 4.69) is 18.9 Å². The van der Waals surface area contributed by atoms with Crippen molar-refractivity contribution in [2.75, 3.05) is 58.9 Å². The number of carboxylic acid groups (broad SMARTS) is 1. The molecule has 0 aliphatic carbocycles. The quantitative estimate of drug-likeness (QED) is 0.0546. The molecule has 0 heterocycles. The fraction of sp³-hybridized carbons (Fsp3) is 0.432. The molecule has 20 heteroatoms. The first-order chi connectivity index (χ1) is 30.1. The molecule has 4 aromatic carbocycles. The monoisotopic (exact) mass is 962 g/mol. The van der Waals surface area contributed by atoms with E-state index in [1.807, 2.05) is 44.4 Å². The number of nitrogens with zero attached hydrogens (tertiary/aromatic N) is 2. The molecule has 0 aliphatic heterocycles. The molecule has 5 N–H and O–H groups in total. The summed E-state index contributed by atoms with van der Waals surface area (Å²) < 4.78 is 117. The molecule has 16 nitrogen and oxygen atoms in total. The molecule has 0 bridgehead atoms. The van der Waals surface area contributed by atoms with Gasteiger partial charge in [-0.05, 0) is 88.6 Å². The number of rotatable bonds is 28. The van der Waals surface area contributed by atoms with E-state index in [9.17, 15) is 43.6 Å². The lowest BCUT2D eigenvalue weighted by molar-refractivity contribution is -0.139. The average Bonchev–Trinajstić information content (AvgIpc) is 3.23. The maximum atomic E-state index is 13.7. The van der Waals surface area contributed by atoms with Crippen molar-refractivity contribution >= 4 is 46.1 Å². The first kappa shape index (κ1) is 52.5. The Hall–Kier alpha value is -4.09. The minimum atomic E-state index is -4.28. The number of aryl methyl sites for hydroxylation is 4. The molecular formula is C44H62N6O10S4. The third-order valence-electron chi connectivity index (χ3n) is 10.5. The van der Waals surface area contributed by atoms with E-state index < -0.39 is 52.1 Å². The molecule has 0 saturated carbocycles. The van der Waals surface area contributed by atoms with Gasteiger partial charge in [-0.25, -0.2) is 47.8 Å². The van der Waals surface area contributed by atoms with Crippen LogP contribution in [0, 0.1) is 27.7 Å². The van der Waals surface area contributed by atoms with Crippen LogP contribution < -0.4 is 18.9 Å². The Morgan fingerprint density at radius 3 is 1.28 bits per heavy atom. The highest BCUT2D eigenvalue weighted by Gasteiger charge is 2.27. The molecule has 4 rings (SSSR count). The second-order valence-electron chi connectivity index (χ2n) is 15.8. The number of benzene rings is 4. The van der Waals surface area contributed by atoms with Crippen molar-refractivity contribution in [3.63, 3.8) is 0 Å². The van der Waals surface area contributed by atoms with Crippen LogP contribution in [0.1, 0.15) is 54.0 Å². The molecule has 0 amide bonds. The van der Waals surface area contributed by atoms with Gasteiger partial charge < -0.3 is 10.0 Å². The van der Waals surface area contributed by atoms with Crippen LogP contribution >= 0.6 is 0 Å². The van der Waals surface area contributed by atoms with Crippen molar-refractivity contribution in [2.45, 2.75) is 85.9 Å². The predicted octanol–water partition coefficient (Wildman–Crippen LogP) is 3.92. The molecule has 4 aromatic rings. The zero-order valence-electron chi connectivity index (χ0n) is 37.1. The average molecular weight is 963 g/mol. The number of hydrogen-bond donors (Lipinski definition) is 5. The Morgan fingerprint density at radius 2 is 0.906 bits per heavy atom. The summed E-state index contributed by atoms with van der Waals surface area (Å²) in [5.41, 5.74) is 3.91. The summed E-state index contributed by atoms with van der Waals surface area (Å²) in [6.45, 7) is 10.6. The van der Waals surface area contributed by atoms with Crippen LogP contribution in [0.3, 0.4) is 0 Å². The van der Waals surface area contributed by atoms with E-state index in [-0.39, 0.29) is 91.3 Å². The number of carboxylic acids is 1. The number of aliphatic carboxylic acids is 1. The largest absolute Gasteiger partial charge is 0.480 e. The molecule has 0 fully saturated rings. The number of sulfonamides is 4. The van der Waals surface area contributed by atoms with Crippen LogP contribution in [0.2, 0.25) is 0 Å². The van der Waals surface area contributed by atoms with Gasteiger partial charge in [-0.15, -0.1) is 0 Å². The highest BCUT2D eigenvalue weighted by atomic mass is 32.2. The van der Waals surface area contributed by atoms with Gasteiger partial charge in [0.2, 0.25) is 40.1 Å². The van der Waals surface area contributed by atoms with Gasteiger partial charge >= 0.3 is 5.97 Å². The minimum absolute atomic E-state index is 0.00955. The van der Waals surface area contributed by atoms with Crippen LogP contribution in [-0.2, 0) is 51.3 Å². The Kier molecular flexibility index (Phi) is 19.6. The molecule has 1 unspecified atom stereocenters. The molecule has 0 spiro atoms. The second-order valence-corrected chi connectivity index (χ2v) is 22.8. The Bertz CT molecular complexity index is 2510. The molecule has 64 heavy (non-hydrogen) atoms. The first-order valence-corrected chi connectivity index (χ1v) is 27.0. The summed E-state index contributed by atoms with van der Waals surface area (Å²) in [6.07, 6.45) is 1.50. The van der Waals surface area contributed by atoms with E-state index in [0.29, 0.717) is 18.4 Å². The van der Waals surface area contributed by atoms with Gasteiger partial charge in [-0.3, -0.25) is 9.69 Å². The van der Waals surface area contributed by atoms with Gasteiger partial charge in [-0.1, -0.05) is 90.6 Å². The molecule has 0 radical (unpaired) electrons. The lowest BCUT2D eigenvalue weighted by Gasteiger charge is -2.28. The maximum Gasteiger partial charge on any atom is 0.321 e. The van der Waals surface area contributed by atoms with Gasteiger partial charge in [0.1, 0.15) is 6.04 Å². The molecule has 352 valence electrons. The van der Waals surface area contributed by atoms with Gasteiger partial charge in [0.05, 0.1) is 19.6 Å². The van der Waals surface area contributed by atoms with Crippen molar-refractivity contribution in [2.24, 2.45) is 0 Å². The van der Waals surface area contributed by atoms with E-state index in [1.54, 1.807) is 48.5 Å². The lowest BCUT2D eigenvalue weighted by atomic mass is 10.1. The predicted molar refractivity (Wildman–Crippen MR) is 248 cm³/mol. The summed E-state index contributed by atoms with van der Waals surface area (Å²) in [4.78, 5) is 16.0. The standard InChI is InChI=1S/C44H62N6O10S4/c1-6-7-8-42(44(51)52)48-64(59,60)43-22-15-37(5)33-38(43)23-27-49(28-24-45-61(53,54)39-16-9-34(2)10-17-39)31-32-50(29-25-46-62(55,56)40-18-11-35(3)12-19-40)30-26-47-63(57,58)41-20-13-36(4)14-21-41/h9-22,33,42,45-48H,6-8,23-32H2,1-5H3,(H,51,52). The highest BCUT2D eigenvalue weighted by Crippen LogP contribution is 2.20. The summed E-state index contributed by atoms with van der Waals surface area (Å²) >= 11 is 0. The van der Waals surface area contributed by atoms with Crippen molar-refractivity contribution in [3.8, 4) is 0 Å². The number of hydrogen-bond acceptors (Lipinski definition) is 11. The van der Waals surface area contributed by atoms with Crippen LogP contribution in [0.4, 0.5) is 0 Å². The smallest absolute Gasteiger partial charge is 0.321 e. The summed E-state index contributed by atoms with van der Waals surface area (Å²) in [5.74, 6) is -1.28. The van der Waals surface area contributed by atoms with Crippen molar-refractivity contribution in [3.05, 3.63) is 119 Å². The molecule has 1 atom stereocenters. The van der Waals surface area contributed by atoms with Crippen LogP contribution in [0.25, 0.3) is 0 Å². The fourth-order valence-electron chi connectivity index (χ4n) is 6.71. The fourth-order valence-corrected chi connectivity index (χ4v) is 11.2. The third kappa shape index (κ3) is 16.4. The SMILES string of the molecule is CCCCC(NS(=O)(=O)c1ccc(C)cc1CCN(CCNS(=O)(=O)c1ccc(C)cc1)CCN(CCNS(=O)(=O)c1ccc(C)cc1)CCNS(=O)(=O)c1ccc(C)cc1)C(=O)O. The second kappa shape index (κ2) is 23.9. The zero-order valence-corrected chi connectivity index (χ0v) is 40.3. The van der Waals surface area contributed by atoms with E-state index in [4.69, 9.17) is 0 Å². The molecule has 0 aromatic heterocycles. The van der Waals surface area contributed by atoms with E-state index >= 15 is 0 Å². The summed E-state index contributed by atoms with van der Waals surface area (Å²) in [5, 5.41) is 9.78. The van der Waals surface area contributed by atoms with Crippen LogP contribution in [-0.4, -0.2) is 119 Å². The van der Waals surface area contributed by atoms with E-state index in [0.717, 1.165) is 22.3 Å². The van der Waals surface area contributed by atoms with Crippen LogP contribution in [0.5, 0.6) is 0 Å². The van der Waals surface area contributed by atoms with Gasteiger partial charge in [0.25, 0.3) is 0 Å². The van der Waals surface area contributed by atoms with Crippen LogP contribution in [0.15, 0.2) is 111 Å². The van der Waals surface area contributed by atoms with E-state index in [1.165, 1.54) is 42.5 Å². The van der Waals surface area contributed by atoms with Gasteiger partial charge in [0.15, 0.2) is 0 Å². The van der Waals surface area contributed by atoms with Gasteiger partial charge in [-0.2, -0.15) is 4.72 Å². The minimum Gasteiger partial charge on any atom is -0.480 e. The molecular weight excluding hydrogens is 901 g/mol. The van der Waals surface area contributed by atoms with Gasteiger partial charge in [0, 0.05) is 58.9 Å². The van der Waals surface area contributed by atoms with Crippen molar-refractivity contribution in [1.82, 2.24) is 28.7 Å². The third-order valence-corrected chi connectivity index (χ3v) is 16.5. The Labute approximate surface area is 380 Å².